The van der Waals surface area contributed by atoms with E-state index in [0.29, 0.717) is 6.54 Å². The highest BCUT2D eigenvalue weighted by molar-refractivity contribution is 5.85. The fourth-order valence-corrected chi connectivity index (χ4v) is 1.47. The number of hydrogen-bond acceptors (Lipinski definition) is 3. The van der Waals surface area contributed by atoms with E-state index in [9.17, 15) is 9.59 Å². The number of rotatable bonds is 6. The van der Waals surface area contributed by atoms with Crippen LogP contribution < -0.4 is 0 Å². The average molecular weight is 203 g/mol. The van der Waals surface area contributed by atoms with E-state index in [2.05, 4.69) is 0 Å². The van der Waals surface area contributed by atoms with Crippen LogP contribution in [0.5, 0.6) is 0 Å². The average Bonchev–Trinajstić information content (AvgIpc) is 2.12. The van der Waals surface area contributed by atoms with Crippen molar-refractivity contribution in [3.05, 3.63) is 0 Å². The summed E-state index contributed by atoms with van der Waals surface area (Å²) in [6.07, 6.45) is -0.0951. The first-order valence-electron chi connectivity index (χ1n) is 4.57. The molecule has 0 radical (unpaired) electrons. The molecule has 0 spiro atoms. The van der Waals surface area contributed by atoms with Crippen molar-refractivity contribution in [3.8, 4) is 0 Å². The Morgan fingerprint density at radius 2 is 1.79 bits per heavy atom. The van der Waals surface area contributed by atoms with E-state index in [4.69, 9.17) is 10.2 Å². The monoisotopic (exact) mass is 203 g/mol. The van der Waals surface area contributed by atoms with Gasteiger partial charge >= 0.3 is 11.9 Å². The van der Waals surface area contributed by atoms with Gasteiger partial charge in [0.2, 0.25) is 0 Å². The summed E-state index contributed by atoms with van der Waals surface area (Å²) in [5.41, 5.74) is -1.28. The quantitative estimate of drug-likeness (QED) is 0.662. The summed E-state index contributed by atoms with van der Waals surface area (Å²) in [7, 11) is 1.63. The lowest BCUT2D eigenvalue weighted by atomic mass is 9.90. The van der Waals surface area contributed by atoms with Gasteiger partial charge in [0.1, 0.15) is 5.54 Å². The van der Waals surface area contributed by atoms with Gasteiger partial charge in [-0.2, -0.15) is 0 Å². The van der Waals surface area contributed by atoms with E-state index < -0.39 is 17.5 Å². The number of nitrogens with zero attached hydrogens (tertiary/aromatic N) is 1. The first kappa shape index (κ1) is 12.9. The zero-order chi connectivity index (χ0) is 11.4. The van der Waals surface area contributed by atoms with Gasteiger partial charge in [0.25, 0.3) is 0 Å². The van der Waals surface area contributed by atoms with Crippen molar-refractivity contribution in [3.63, 3.8) is 0 Å². The van der Waals surface area contributed by atoms with Gasteiger partial charge in [-0.15, -0.1) is 0 Å². The molecule has 0 unspecified atom stereocenters. The van der Waals surface area contributed by atoms with Crippen molar-refractivity contribution in [2.45, 2.75) is 32.2 Å². The highest BCUT2D eigenvalue weighted by atomic mass is 16.4. The largest absolute Gasteiger partial charge is 0.481 e. The minimum atomic E-state index is -1.28. The van der Waals surface area contributed by atoms with E-state index in [1.807, 2.05) is 0 Å². The van der Waals surface area contributed by atoms with Crippen LogP contribution in [0.2, 0.25) is 0 Å². The second kappa shape index (κ2) is 4.95. The van der Waals surface area contributed by atoms with Crippen LogP contribution in [-0.2, 0) is 9.59 Å². The predicted molar refractivity (Wildman–Crippen MR) is 51.2 cm³/mol. The molecule has 0 rings (SSSR count). The van der Waals surface area contributed by atoms with Crippen molar-refractivity contribution < 1.29 is 19.8 Å². The highest BCUT2D eigenvalue weighted by Gasteiger charge is 2.42. The van der Waals surface area contributed by atoms with Crippen molar-refractivity contribution in [2.24, 2.45) is 0 Å². The van der Waals surface area contributed by atoms with Gasteiger partial charge < -0.3 is 10.2 Å². The molecule has 2 N–H and O–H groups in total. The lowest BCUT2D eigenvalue weighted by Crippen LogP contribution is -2.53. The van der Waals surface area contributed by atoms with Gasteiger partial charge in [0.05, 0.1) is 6.42 Å². The Hall–Kier alpha value is -1.10. The summed E-state index contributed by atoms with van der Waals surface area (Å²) in [6.45, 7) is 3.99. The molecule has 0 aromatic heterocycles. The third-order valence-electron chi connectivity index (χ3n) is 2.63. The lowest BCUT2D eigenvalue weighted by Gasteiger charge is -2.35. The number of carboxylic acid groups (broad SMARTS) is 2. The molecule has 0 aliphatic heterocycles. The van der Waals surface area contributed by atoms with Crippen LogP contribution in [0.3, 0.4) is 0 Å². The zero-order valence-electron chi connectivity index (χ0n) is 8.78. The molecule has 0 amide bonds. The fraction of sp³-hybridized carbons (Fsp3) is 0.778. The molecule has 0 aromatic carbocycles. The molecule has 1 atom stereocenters. The molecule has 0 saturated carbocycles. The second-order valence-corrected chi connectivity index (χ2v) is 3.27. The van der Waals surface area contributed by atoms with Gasteiger partial charge in [-0.1, -0.05) is 13.8 Å². The Bertz CT molecular complexity index is 229. The smallest absolute Gasteiger partial charge is 0.324 e. The standard InChI is InChI=1S/C9H17NO4/c1-4-9(8(13)14,6-7(11)12)10(3)5-2/h4-6H2,1-3H3,(H,11,12)(H,13,14)/t9-/m0/s1. The van der Waals surface area contributed by atoms with Crippen LogP contribution in [0.15, 0.2) is 0 Å². The Labute approximate surface area is 83.3 Å². The van der Waals surface area contributed by atoms with Crippen LogP contribution in [0.1, 0.15) is 26.7 Å². The second-order valence-electron chi connectivity index (χ2n) is 3.27. The molecule has 0 bridgehead atoms. The van der Waals surface area contributed by atoms with E-state index >= 15 is 0 Å². The summed E-state index contributed by atoms with van der Waals surface area (Å²) in [6, 6.07) is 0. The molecule has 5 nitrogen and oxygen atoms in total. The van der Waals surface area contributed by atoms with Gasteiger partial charge in [-0.3, -0.25) is 14.5 Å². The summed E-state index contributed by atoms with van der Waals surface area (Å²) >= 11 is 0. The SMILES string of the molecule is CCN(C)[C@@](CC)(CC(=O)O)C(=O)O. The molecule has 0 heterocycles. The molecule has 14 heavy (non-hydrogen) atoms. The summed E-state index contributed by atoms with van der Waals surface area (Å²) < 4.78 is 0. The maximum atomic E-state index is 11.1. The van der Waals surface area contributed by atoms with E-state index in [1.54, 1.807) is 25.8 Å². The van der Waals surface area contributed by atoms with Crippen LogP contribution in [0.25, 0.3) is 0 Å². The van der Waals surface area contributed by atoms with E-state index in [0.717, 1.165) is 0 Å². The number of hydrogen-bond donors (Lipinski definition) is 2. The molecule has 0 saturated heterocycles. The van der Waals surface area contributed by atoms with Gasteiger partial charge in [0, 0.05) is 0 Å². The fourth-order valence-electron chi connectivity index (χ4n) is 1.47. The molecular formula is C9H17NO4. The Morgan fingerprint density at radius 3 is 2.00 bits per heavy atom. The van der Waals surface area contributed by atoms with Crippen molar-refractivity contribution in [1.82, 2.24) is 4.90 Å². The Morgan fingerprint density at radius 1 is 1.29 bits per heavy atom. The molecule has 0 aliphatic carbocycles. The van der Waals surface area contributed by atoms with Gasteiger partial charge in [-0.05, 0) is 20.0 Å². The Kier molecular flexibility index (Phi) is 4.56. The molecule has 0 aromatic rings. The first-order valence-corrected chi connectivity index (χ1v) is 4.57. The summed E-state index contributed by atoms with van der Waals surface area (Å²) in [4.78, 5) is 23.3. The zero-order valence-corrected chi connectivity index (χ0v) is 8.78. The summed E-state index contributed by atoms with van der Waals surface area (Å²) in [5, 5.41) is 17.8. The van der Waals surface area contributed by atoms with Crippen LogP contribution in [0, 0.1) is 0 Å². The third kappa shape index (κ3) is 2.45. The topological polar surface area (TPSA) is 77.8 Å². The van der Waals surface area contributed by atoms with E-state index in [1.165, 1.54) is 0 Å². The van der Waals surface area contributed by atoms with Crippen LogP contribution in [-0.4, -0.2) is 46.2 Å². The third-order valence-corrected chi connectivity index (χ3v) is 2.63. The number of likely N-dealkylation sites (N-methyl/N-ethyl adjacent to an activating group) is 1. The van der Waals surface area contributed by atoms with Gasteiger partial charge in [0.15, 0.2) is 0 Å². The normalized spacial score (nSPS) is 15.1. The van der Waals surface area contributed by atoms with Gasteiger partial charge in [-0.25, -0.2) is 0 Å². The maximum Gasteiger partial charge on any atom is 0.324 e. The van der Waals surface area contributed by atoms with Crippen LogP contribution >= 0.6 is 0 Å². The number of carboxylic acids is 2. The minimum Gasteiger partial charge on any atom is -0.481 e. The Balaban J connectivity index is 4.97. The highest BCUT2D eigenvalue weighted by Crippen LogP contribution is 2.23. The summed E-state index contributed by atoms with van der Waals surface area (Å²) in [5.74, 6) is -2.17. The minimum absolute atomic E-state index is 0.277. The molecule has 82 valence electrons. The molecule has 0 aliphatic rings. The molecule has 0 fully saturated rings. The molecule has 5 heteroatoms. The van der Waals surface area contributed by atoms with Crippen molar-refractivity contribution in [2.75, 3.05) is 13.6 Å². The lowest BCUT2D eigenvalue weighted by molar-refractivity contribution is -0.157. The van der Waals surface area contributed by atoms with E-state index in [-0.39, 0.29) is 12.8 Å². The number of carbonyl (C=O) groups is 2. The van der Waals surface area contributed by atoms with Crippen molar-refractivity contribution >= 4 is 11.9 Å². The first-order chi connectivity index (χ1) is 6.40. The predicted octanol–water partition coefficient (Wildman–Crippen LogP) is 0.646. The number of aliphatic carboxylic acids is 2. The molecular weight excluding hydrogens is 186 g/mol. The van der Waals surface area contributed by atoms with Crippen molar-refractivity contribution in [1.29, 1.82) is 0 Å². The maximum absolute atomic E-state index is 11.1. The van der Waals surface area contributed by atoms with Crippen LogP contribution in [0.4, 0.5) is 0 Å².